The molecule has 0 fully saturated rings. The fourth-order valence-corrected chi connectivity index (χ4v) is 2.28. The van der Waals surface area contributed by atoms with Crippen molar-refractivity contribution in [1.82, 2.24) is 11.1 Å². The van der Waals surface area contributed by atoms with E-state index in [0.29, 0.717) is 24.6 Å². The molecule has 3 aromatic rings. The normalized spacial score (nSPS) is 9.36. The summed E-state index contributed by atoms with van der Waals surface area (Å²) in [5.74, 6) is 0.715. The van der Waals surface area contributed by atoms with Crippen LogP contribution in [0.2, 0.25) is 0 Å². The number of pyridine rings is 1. The molecule has 0 aliphatic rings. The van der Waals surface area contributed by atoms with Crippen molar-refractivity contribution >= 4 is 21.6 Å². The van der Waals surface area contributed by atoms with Crippen molar-refractivity contribution in [2.75, 3.05) is 5.73 Å². The molecule has 0 saturated carbocycles. The van der Waals surface area contributed by atoms with E-state index in [1.165, 1.54) is 0 Å². The molecule has 132 valence electrons. The third kappa shape index (κ3) is 7.34. The van der Waals surface area contributed by atoms with Gasteiger partial charge in [0.1, 0.15) is 12.4 Å². The SMILES string of the molecule is N.NCc1ccncc1.Nc1cc(Br)ccc1OCc1ccccc1. The van der Waals surface area contributed by atoms with Gasteiger partial charge in [0.05, 0.1) is 5.69 Å². The molecule has 1 aromatic heterocycles. The molecule has 25 heavy (non-hydrogen) atoms. The zero-order valence-electron chi connectivity index (χ0n) is 13.9. The van der Waals surface area contributed by atoms with Crippen molar-refractivity contribution in [1.29, 1.82) is 0 Å². The molecule has 1 heterocycles. The topological polar surface area (TPSA) is 109 Å². The van der Waals surface area contributed by atoms with Crippen LogP contribution in [0.25, 0.3) is 0 Å². The molecule has 0 radical (unpaired) electrons. The van der Waals surface area contributed by atoms with Crippen LogP contribution in [0.15, 0.2) is 77.5 Å². The number of halogens is 1. The minimum atomic E-state index is 0. The molecule has 0 bridgehead atoms. The van der Waals surface area contributed by atoms with E-state index in [4.69, 9.17) is 16.2 Å². The summed E-state index contributed by atoms with van der Waals surface area (Å²) < 4.78 is 6.59. The van der Waals surface area contributed by atoms with Gasteiger partial charge in [0.25, 0.3) is 0 Å². The van der Waals surface area contributed by atoms with Crippen molar-refractivity contribution in [3.8, 4) is 5.75 Å². The average Bonchev–Trinajstić information content (AvgIpc) is 2.63. The molecule has 0 unspecified atom stereocenters. The highest BCUT2D eigenvalue weighted by molar-refractivity contribution is 9.10. The summed E-state index contributed by atoms with van der Waals surface area (Å²) in [6.07, 6.45) is 3.48. The van der Waals surface area contributed by atoms with E-state index in [1.807, 2.05) is 60.7 Å². The van der Waals surface area contributed by atoms with E-state index in [2.05, 4.69) is 20.9 Å². The summed E-state index contributed by atoms with van der Waals surface area (Å²) in [4.78, 5) is 3.84. The molecule has 0 aliphatic carbocycles. The zero-order chi connectivity index (χ0) is 17.2. The number of nitrogen functional groups attached to an aromatic ring is 1. The van der Waals surface area contributed by atoms with Gasteiger partial charge in [0.15, 0.2) is 0 Å². The largest absolute Gasteiger partial charge is 0.487 e. The first-order chi connectivity index (χ1) is 11.7. The van der Waals surface area contributed by atoms with Crippen LogP contribution < -0.4 is 22.4 Å². The Labute approximate surface area is 156 Å². The van der Waals surface area contributed by atoms with E-state index in [0.717, 1.165) is 15.6 Å². The van der Waals surface area contributed by atoms with E-state index in [-0.39, 0.29) is 6.15 Å². The van der Waals surface area contributed by atoms with E-state index >= 15 is 0 Å². The van der Waals surface area contributed by atoms with Crippen molar-refractivity contribution < 1.29 is 4.74 Å². The van der Waals surface area contributed by atoms with Gasteiger partial charge in [-0.15, -0.1) is 0 Å². The Balaban J connectivity index is 0.000000295. The third-order valence-corrected chi connectivity index (χ3v) is 3.69. The van der Waals surface area contributed by atoms with Gasteiger partial charge in [-0.1, -0.05) is 46.3 Å². The molecule has 7 N–H and O–H groups in total. The minimum absolute atomic E-state index is 0. The number of anilines is 1. The van der Waals surface area contributed by atoms with Crippen molar-refractivity contribution in [3.05, 3.63) is 88.7 Å². The van der Waals surface area contributed by atoms with Crippen LogP contribution in [-0.2, 0) is 13.2 Å². The maximum atomic E-state index is 5.83. The predicted molar refractivity (Wildman–Crippen MR) is 106 cm³/mol. The van der Waals surface area contributed by atoms with Crippen LogP contribution >= 0.6 is 15.9 Å². The number of hydrogen-bond acceptors (Lipinski definition) is 5. The zero-order valence-corrected chi connectivity index (χ0v) is 15.5. The average molecular weight is 403 g/mol. The van der Waals surface area contributed by atoms with Gasteiger partial charge in [0.2, 0.25) is 0 Å². The van der Waals surface area contributed by atoms with Gasteiger partial charge >= 0.3 is 0 Å². The number of ether oxygens (including phenoxy) is 1. The Bertz CT molecular complexity index is 739. The molecule has 0 aliphatic heterocycles. The maximum absolute atomic E-state index is 5.83. The van der Waals surface area contributed by atoms with Crippen LogP contribution in [-0.4, -0.2) is 4.98 Å². The van der Waals surface area contributed by atoms with Gasteiger partial charge < -0.3 is 22.4 Å². The van der Waals surface area contributed by atoms with Crippen molar-refractivity contribution in [2.45, 2.75) is 13.2 Å². The molecule has 6 heteroatoms. The Kier molecular flexibility index (Phi) is 9.24. The van der Waals surface area contributed by atoms with Gasteiger partial charge in [-0.05, 0) is 41.5 Å². The van der Waals surface area contributed by atoms with Gasteiger partial charge in [-0.2, -0.15) is 0 Å². The second-order valence-electron chi connectivity index (χ2n) is 5.02. The Morgan fingerprint density at radius 2 is 1.60 bits per heavy atom. The highest BCUT2D eigenvalue weighted by Gasteiger charge is 2.01. The predicted octanol–water partition coefficient (Wildman–Crippen LogP) is 4.31. The quantitative estimate of drug-likeness (QED) is 0.563. The Hall–Kier alpha value is -2.41. The second kappa shape index (κ2) is 11.2. The van der Waals surface area contributed by atoms with Crippen LogP contribution in [0.4, 0.5) is 5.69 Å². The first kappa shape index (κ1) is 20.6. The lowest BCUT2D eigenvalue weighted by atomic mass is 10.2. The van der Waals surface area contributed by atoms with Crippen LogP contribution in [0, 0.1) is 0 Å². The summed E-state index contributed by atoms with van der Waals surface area (Å²) in [5.41, 5.74) is 14.1. The highest BCUT2D eigenvalue weighted by Crippen LogP contribution is 2.25. The Morgan fingerprint density at radius 3 is 2.16 bits per heavy atom. The second-order valence-corrected chi connectivity index (χ2v) is 5.93. The molecule has 2 aromatic carbocycles. The summed E-state index contributed by atoms with van der Waals surface area (Å²) >= 11 is 3.36. The number of nitrogens with zero attached hydrogens (tertiary/aromatic N) is 1. The molecular weight excluding hydrogens is 380 g/mol. The monoisotopic (exact) mass is 402 g/mol. The lowest BCUT2D eigenvalue weighted by Gasteiger charge is -2.08. The van der Waals surface area contributed by atoms with E-state index < -0.39 is 0 Å². The molecule has 0 amide bonds. The summed E-state index contributed by atoms with van der Waals surface area (Å²) in [7, 11) is 0. The molecule has 0 spiro atoms. The smallest absolute Gasteiger partial charge is 0.142 e. The molecular formula is C19H23BrN4O. The first-order valence-electron chi connectivity index (χ1n) is 7.49. The van der Waals surface area contributed by atoms with Crippen LogP contribution in [0.1, 0.15) is 11.1 Å². The summed E-state index contributed by atoms with van der Waals surface area (Å²) in [5, 5.41) is 0. The molecule has 5 nitrogen and oxygen atoms in total. The number of rotatable bonds is 4. The van der Waals surface area contributed by atoms with Gasteiger partial charge in [-0.3, -0.25) is 4.98 Å². The van der Waals surface area contributed by atoms with E-state index in [9.17, 15) is 0 Å². The fraction of sp³-hybridized carbons (Fsp3) is 0.105. The minimum Gasteiger partial charge on any atom is -0.487 e. The standard InChI is InChI=1S/C13H12BrNO.C6H8N2.H3N/c14-11-6-7-13(12(15)8-11)16-9-10-4-2-1-3-5-10;7-5-6-1-3-8-4-2-6;/h1-8H,9,15H2;1-4H,5,7H2;1H3. The highest BCUT2D eigenvalue weighted by atomic mass is 79.9. The summed E-state index contributed by atoms with van der Waals surface area (Å²) in [6.45, 7) is 1.13. The lowest BCUT2D eigenvalue weighted by Crippen LogP contribution is -1.98. The lowest BCUT2D eigenvalue weighted by molar-refractivity contribution is 0.308. The first-order valence-corrected chi connectivity index (χ1v) is 8.29. The maximum Gasteiger partial charge on any atom is 0.142 e. The summed E-state index contributed by atoms with van der Waals surface area (Å²) in [6, 6.07) is 19.4. The van der Waals surface area contributed by atoms with E-state index in [1.54, 1.807) is 12.4 Å². The fourth-order valence-electron chi connectivity index (χ4n) is 1.90. The number of hydrogen-bond donors (Lipinski definition) is 3. The van der Waals surface area contributed by atoms with Crippen molar-refractivity contribution in [3.63, 3.8) is 0 Å². The number of benzene rings is 2. The van der Waals surface area contributed by atoms with Crippen LogP contribution in [0.3, 0.4) is 0 Å². The van der Waals surface area contributed by atoms with Gasteiger partial charge in [-0.25, -0.2) is 0 Å². The Morgan fingerprint density at radius 1 is 0.920 bits per heavy atom. The van der Waals surface area contributed by atoms with Crippen LogP contribution in [0.5, 0.6) is 5.75 Å². The molecule has 0 atom stereocenters. The molecule has 0 saturated heterocycles. The number of aromatic nitrogens is 1. The third-order valence-electron chi connectivity index (χ3n) is 3.19. The van der Waals surface area contributed by atoms with Crippen molar-refractivity contribution in [2.24, 2.45) is 5.73 Å². The molecule has 3 rings (SSSR count). The van der Waals surface area contributed by atoms with Gasteiger partial charge in [0, 0.05) is 23.4 Å². The number of nitrogens with two attached hydrogens (primary N) is 2.